The molecular formula is C3H8F3NO2. The van der Waals surface area contributed by atoms with Crippen LogP contribution in [0.25, 0.3) is 0 Å². The van der Waals surface area contributed by atoms with E-state index in [0.717, 1.165) is 0 Å². The fourth-order valence-electron chi connectivity index (χ4n) is 0.127. The second-order valence-corrected chi connectivity index (χ2v) is 1.09. The molecule has 6 heteroatoms. The first kappa shape index (κ1) is 11.5. The van der Waals surface area contributed by atoms with E-state index in [9.17, 15) is 13.2 Å². The summed E-state index contributed by atoms with van der Waals surface area (Å²) in [5.41, 5.74) is 0. The molecule has 0 radical (unpaired) electrons. The lowest BCUT2D eigenvalue weighted by Gasteiger charge is -1.99. The van der Waals surface area contributed by atoms with Gasteiger partial charge < -0.3 is 10.3 Å². The van der Waals surface area contributed by atoms with Crippen LogP contribution in [0.1, 0.15) is 6.42 Å². The Bertz CT molecular complexity index is 55.5. The summed E-state index contributed by atoms with van der Waals surface area (Å²) in [6, 6.07) is 0. The maximum absolute atomic E-state index is 10.9. The summed E-state index contributed by atoms with van der Waals surface area (Å²) in [6.45, 7) is -0.816. The monoisotopic (exact) mass is 147 g/mol. The third-order valence-electron chi connectivity index (χ3n) is 0.395. The summed E-state index contributed by atoms with van der Waals surface area (Å²) in [5.74, 6) is 3.50. The lowest BCUT2D eigenvalue weighted by atomic mass is 10.5. The average Bonchev–Trinajstić information content (AvgIpc) is 1.69. The normalized spacial score (nSPS) is 10.0. The summed E-state index contributed by atoms with van der Waals surface area (Å²) in [5, 5.41) is 14.2. The minimum Gasteiger partial charge on any atom is -0.396 e. The lowest BCUT2D eigenvalue weighted by molar-refractivity contribution is -0.141. The number of nitrogens with two attached hydrogens (primary N) is 1. The van der Waals surface area contributed by atoms with E-state index >= 15 is 0 Å². The Morgan fingerprint density at radius 3 is 1.56 bits per heavy atom. The molecule has 0 aromatic carbocycles. The van der Waals surface area contributed by atoms with Gasteiger partial charge in [0.2, 0.25) is 0 Å². The van der Waals surface area contributed by atoms with Crippen molar-refractivity contribution in [1.82, 2.24) is 0 Å². The van der Waals surface area contributed by atoms with Crippen LogP contribution in [0.3, 0.4) is 0 Å². The van der Waals surface area contributed by atoms with E-state index in [1.165, 1.54) is 0 Å². The van der Waals surface area contributed by atoms with Gasteiger partial charge >= 0.3 is 6.18 Å². The molecule has 0 aromatic heterocycles. The molecule has 4 N–H and O–H groups in total. The molecule has 0 aliphatic rings. The first-order chi connectivity index (χ1) is 4.06. The van der Waals surface area contributed by atoms with E-state index < -0.39 is 19.2 Å². The maximum Gasteiger partial charge on any atom is 0.391 e. The minimum absolute atomic E-state index is 0.816. The van der Waals surface area contributed by atoms with Gasteiger partial charge in [-0.15, -0.1) is 0 Å². The molecule has 0 amide bonds. The molecule has 0 aliphatic heterocycles. The first-order valence-corrected chi connectivity index (χ1v) is 1.99. The second-order valence-electron chi connectivity index (χ2n) is 1.09. The topological polar surface area (TPSA) is 66.5 Å². The third-order valence-corrected chi connectivity index (χ3v) is 0.395. The molecule has 0 saturated carbocycles. The highest BCUT2D eigenvalue weighted by Crippen LogP contribution is 2.17. The molecule has 0 heterocycles. The van der Waals surface area contributed by atoms with Gasteiger partial charge in [0.25, 0.3) is 0 Å². The van der Waals surface area contributed by atoms with Gasteiger partial charge in [0.15, 0.2) is 0 Å². The summed E-state index contributed by atoms with van der Waals surface area (Å²) in [7, 11) is 0. The van der Waals surface area contributed by atoms with Crippen LogP contribution in [0.2, 0.25) is 0 Å². The average molecular weight is 147 g/mol. The molecule has 0 atom stereocenters. The molecule has 0 rings (SSSR count). The van der Waals surface area contributed by atoms with Crippen LogP contribution >= 0.6 is 0 Å². The number of rotatable bonds is 1. The van der Waals surface area contributed by atoms with E-state index in [2.05, 4.69) is 5.90 Å². The van der Waals surface area contributed by atoms with Gasteiger partial charge in [0, 0.05) is 0 Å². The minimum atomic E-state index is -4.20. The van der Waals surface area contributed by atoms with Crippen LogP contribution in [0.15, 0.2) is 0 Å². The molecule has 0 bridgehead atoms. The van der Waals surface area contributed by atoms with E-state index in [1.54, 1.807) is 0 Å². The van der Waals surface area contributed by atoms with Crippen molar-refractivity contribution in [3.05, 3.63) is 0 Å². The molecule has 0 unspecified atom stereocenters. The summed E-state index contributed by atoms with van der Waals surface area (Å²) >= 11 is 0. The van der Waals surface area contributed by atoms with Crippen molar-refractivity contribution in [2.45, 2.75) is 12.6 Å². The van der Waals surface area contributed by atoms with Crippen LogP contribution in [0.4, 0.5) is 13.2 Å². The van der Waals surface area contributed by atoms with Gasteiger partial charge in [-0.3, -0.25) is 0 Å². The van der Waals surface area contributed by atoms with Crippen LogP contribution < -0.4 is 5.90 Å². The van der Waals surface area contributed by atoms with Crippen molar-refractivity contribution in [2.75, 3.05) is 6.61 Å². The number of halogens is 3. The van der Waals surface area contributed by atoms with Gasteiger partial charge in [0.1, 0.15) is 0 Å². The van der Waals surface area contributed by atoms with Crippen molar-refractivity contribution in [3.8, 4) is 0 Å². The Morgan fingerprint density at radius 1 is 1.22 bits per heavy atom. The highest BCUT2D eigenvalue weighted by Gasteiger charge is 2.25. The van der Waals surface area contributed by atoms with E-state index in [0.29, 0.717) is 0 Å². The zero-order valence-electron chi connectivity index (χ0n) is 4.52. The van der Waals surface area contributed by atoms with Gasteiger partial charge in [-0.2, -0.15) is 13.2 Å². The quantitative estimate of drug-likeness (QED) is 0.466. The first-order valence-electron chi connectivity index (χ1n) is 1.99. The van der Waals surface area contributed by atoms with Gasteiger partial charge in [-0.1, -0.05) is 0 Å². The predicted molar refractivity (Wildman–Crippen MR) is 23.7 cm³/mol. The number of hydrogen-bond acceptors (Lipinski definition) is 3. The fraction of sp³-hybridized carbons (Fsp3) is 1.00. The number of aliphatic hydroxyl groups excluding tert-OH is 1. The van der Waals surface area contributed by atoms with E-state index in [4.69, 9.17) is 10.3 Å². The Hall–Kier alpha value is -0.330. The Balaban J connectivity index is 0. The van der Waals surface area contributed by atoms with E-state index in [-0.39, 0.29) is 0 Å². The number of aliphatic hydroxyl groups is 1. The summed E-state index contributed by atoms with van der Waals surface area (Å²) in [6.07, 6.45) is -5.30. The largest absolute Gasteiger partial charge is 0.396 e. The highest BCUT2D eigenvalue weighted by atomic mass is 19.4. The van der Waals surface area contributed by atoms with Gasteiger partial charge in [-0.25, -0.2) is 5.90 Å². The van der Waals surface area contributed by atoms with Crippen LogP contribution in [0, 0.1) is 0 Å². The van der Waals surface area contributed by atoms with Gasteiger partial charge in [0.05, 0.1) is 13.0 Å². The zero-order valence-corrected chi connectivity index (χ0v) is 4.52. The maximum atomic E-state index is 10.9. The Kier molecular flexibility index (Phi) is 7.39. The van der Waals surface area contributed by atoms with E-state index in [1.807, 2.05) is 0 Å². The van der Waals surface area contributed by atoms with Crippen molar-refractivity contribution in [2.24, 2.45) is 5.90 Å². The van der Waals surface area contributed by atoms with Crippen LogP contribution in [-0.2, 0) is 0 Å². The zero-order chi connectivity index (χ0) is 7.91. The molecule has 0 saturated heterocycles. The third kappa shape index (κ3) is 18.3. The summed E-state index contributed by atoms with van der Waals surface area (Å²) in [4.78, 5) is 0. The lowest BCUT2D eigenvalue weighted by Crippen LogP contribution is -2.08. The number of alkyl halides is 3. The van der Waals surface area contributed by atoms with Crippen LogP contribution in [0.5, 0.6) is 0 Å². The molecule has 0 spiro atoms. The molecule has 0 fully saturated rings. The molecular weight excluding hydrogens is 139 g/mol. The van der Waals surface area contributed by atoms with Crippen molar-refractivity contribution in [3.63, 3.8) is 0 Å². The smallest absolute Gasteiger partial charge is 0.391 e. The predicted octanol–water partition coefficient (Wildman–Crippen LogP) is 0.265. The standard InChI is InChI=1S/C3H5F3O.H3NO/c4-3(5,6)1-2-7;1-2/h7H,1-2H2;2H,1H2. The second kappa shape index (κ2) is 5.80. The Labute approximate surface area is 49.9 Å². The summed E-state index contributed by atoms with van der Waals surface area (Å²) < 4.78 is 32.7. The van der Waals surface area contributed by atoms with Gasteiger partial charge in [-0.05, 0) is 0 Å². The highest BCUT2D eigenvalue weighted by molar-refractivity contribution is 4.44. The molecule has 58 valence electrons. The Morgan fingerprint density at radius 2 is 1.56 bits per heavy atom. The molecule has 0 aromatic rings. The molecule has 0 aliphatic carbocycles. The van der Waals surface area contributed by atoms with Crippen molar-refractivity contribution in [1.29, 1.82) is 0 Å². The van der Waals surface area contributed by atoms with Crippen molar-refractivity contribution >= 4 is 0 Å². The fourth-order valence-corrected chi connectivity index (χ4v) is 0.127. The van der Waals surface area contributed by atoms with Crippen molar-refractivity contribution < 1.29 is 23.5 Å². The molecule has 3 nitrogen and oxygen atoms in total. The van der Waals surface area contributed by atoms with Crippen LogP contribution in [-0.4, -0.2) is 23.1 Å². The SMILES string of the molecule is NO.OCCC(F)(F)F. The number of hydrogen-bond donors (Lipinski definition) is 3. The molecule has 9 heavy (non-hydrogen) atoms.